The fraction of sp³-hybridized carbons (Fsp3) is 0.500. The number of ether oxygens (including phenoxy) is 1. The first-order chi connectivity index (χ1) is 8.72. The molecule has 1 aliphatic heterocycles. The van der Waals surface area contributed by atoms with Gasteiger partial charge in [0.15, 0.2) is 0 Å². The normalized spacial score (nSPS) is 21.3. The molecule has 0 spiro atoms. The summed E-state index contributed by atoms with van der Waals surface area (Å²) in [7, 11) is 1.59. The van der Waals surface area contributed by atoms with E-state index in [9.17, 15) is 9.90 Å². The van der Waals surface area contributed by atoms with Gasteiger partial charge in [-0.3, -0.25) is 4.79 Å². The molecule has 18 heavy (non-hydrogen) atoms. The van der Waals surface area contributed by atoms with Gasteiger partial charge in [-0.2, -0.15) is 0 Å². The number of methoxy groups -OCH3 is 1. The first kappa shape index (κ1) is 12.9. The summed E-state index contributed by atoms with van der Waals surface area (Å²) in [6.07, 6.45) is 3.13. The van der Waals surface area contributed by atoms with Gasteiger partial charge >= 0.3 is 5.97 Å². The Labute approximate surface area is 107 Å². The second kappa shape index (κ2) is 5.87. The van der Waals surface area contributed by atoms with Crippen LogP contribution in [0.2, 0.25) is 0 Å². The first-order valence-corrected chi connectivity index (χ1v) is 6.32. The number of benzene rings is 1. The maximum atomic E-state index is 11.5. The molecular weight excluding hydrogens is 230 g/mol. The minimum absolute atomic E-state index is 0.0170. The van der Waals surface area contributed by atoms with Gasteiger partial charge in [-0.15, -0.1) is 0 Å². The zero-order chi connectivity index (χ0) is 13.0. The van der Waals surface area contributed by atoms with Crippen molar-refractivity contribution in [3.8, 4) is 5.75 Å². The van der Waals surface area contributed by atoms with E-state index in [2.05, 4.69) is 5.32 Å². The van der Waals surface area contributed by atoms with E-state index in [0.717, 1.165) is 31.4 Å². The number of nitrogens with one attached hydrogen (secondary N) is 1. The number of hydrogen-bond acceptors (Lipinski definition) is 3. The van der Waals surface area contributed by atoms with E-state index < -0.39 is 11.9 Å². The van der Waals surface area contributed by atoms with Crippen LogP contribution in [0.3, 0.4) is 0 Å². The topological polar surface area (TPSA) is 58.6 Å². The summed E-state index contributed by atoms with van der Waals surface area (Å²) in [5.74, 6) is -0.572. The maximum Gasteiger partial charge on any atom is 0.312 e. The zero-order valence-electron chi connectivity index (χ0n) is 10.6. The highest BCUT2D eigenvalue weighted by atomic mass is 16.5. The van der Waals surface area contributed by atoms with Crippen LogP contribution < -0.4 is 10.1 Å². The van der Waals surface area contributed by atoms with Crippen LogP contribution in [0.4, 0.5) is 0 Å². The molecule has 0 aliphatic carbocycles. The predicted octanol–water partition coefficient (Wildman–Crippen LogP) is 2.01. The maximum absolute atomic E-state index is 11.5. The summed E-state index contributed by atoms with van der Waals surface area (Å²) in [6, 6.07) is 7.36. The van der Waals surface area contributed by atoms with Gasteiger partial charge in [0.1, 0.15) is 5.75 Å². The van der Waals surface area contributed by atoms with Crippen molar-refractivity contribution >= 4 is 5.97 Å². The summed E-state index contributed by atoms with van der Waals surface area (Å²) in [4.78, 5) is 11.5. The second-order valence-corrected chi connectivity index (χ2v) is 4.65. The molecule has 2 unspecified atom stereocenters. The Kier molecular flexibility index (Phi) is 4.20. The fourth-order valence-corrected chi connectivity index (χ4v) is 2.55. The lowest BCUT2D eigenvalue weighted by Gasteiger charge is -2.29. The third-order valence-electron chi connectivity index (χ3n) is 3.47. The number of carbonyl (C=O) groups is 1. The van der Waals surface area contributed by atoms with Crippen molar-refractivity contribution in [2.24, 2.45) is 0 Å². The molecule has 1 saturated heterocycles. The fourth-order valence-electron chi connectivity index (χ4n) is 2.55. The van der Waals surface area contributed by atoms with Crippen molar-refractivity contribution in [1.29, 1.82) is 0 Å². The molecule has 2 N–H and O–H groups in total. The van der Waals surface area contributed by atoms with Crippen molar-refractivity contribution in [3.05, 3.63) is 29.8 Å². The predicted molar refractivity (Wildman–Crippen MR) is 69.0 cm³/mol. The van der Waals surface area contributed by atoms with Gasteiger partial charge in [0.05, 0.1) is 13.0 Å². The van der Waals surface area contributed by atoms with Crippen molar-refractivity contribution in [3.63, 3.8) is 0 Å². The first-order valence-electron chi connectivity index (χ1n) is 6.32. The summed E-state index contributed by atoms with van der Waals surface area (Å²) < 4.78 is 5.16. The van der Waals surface area contributed by atoms with Crippen molar-refractivity contribution in [2.75, 3.05) is 13.7 Å². The van der Waals surface area contributed by atoms with Gasteiger partial charge in [0, 0.05) is 6.04 Å². The van der Waals surface area contributed by atoms with Crippen LogP contribution in [-0.4, -0.2) is 30.8 Å². The number of piperidine rings is 1. The Morgan fingerprint density at radius 1 is 1.50 bits per heavy atom. The number of hydrogen-bond donors (Lipinski definition) is 2. The van der Waals surface area contributed by atoms with Crippen LogP contribution in [0.25, 0.3) is 0 Å². The van der Waals surface area contributed by atoms with Crippen LogP contribution in [-0.2, 0) is 4.79 Å². The van der Waals surface area contributed by atoms with E-state index in [1.54, 1.807) is 7.11 Å². The molecule has 0 saturated carbocycles. The van der Waals surface area contributed by atoms with E-state index in [1.807, 2.05) is 24.3 Å². The lowest BCUT2D eigenvalue weighted by molar-refractivity contribution is -0.139. The Hall–Kier alpha value is -1.55. The summed E-state index contributed by atoms with van der Waals surface area (Å²) in [6.45, 7) is 0.901. The molecule has 4 heteroatoms. The van der Waals surface area contributed by atoms with Gasteiger partial charge in [0.2, 0.25) is 0 Å². The average Bonchev–Trinajstić information content (AvgIpc) is 2.40. The number of carboxylic acid groups (broad SMARTS) is 1. The van der Waals surface area contributed by atoms with E-state index >= 15 is 0 Å². The Morgan fingerprint density at radius 2 is 2.33 bits per heavy atom. The molecule has 0 aromatic heterocycles. The van der Waals surface area contributed by atoms with Gasteiger partial charge in [-0.25, -0.2) is 0 Å². The summed E-state index contributed by atoms with van der Waals surface area (Å²) in [5.41, 5.74) is 0.807. The Balaban J connectivity index is 2.25. The lowest BCUT2D eigenvalue weighted by atomic mass is 9.86. The number of carboxylic acids is 1. The smallest absolute Gasteiger partial charge is 0.312 e. The quantitative estimate of drug-likeness (QED) is 0.857. The zero-order valence-corrected chi connectivity index (χ0v) is 10.6. The molecule has 2 atom stereocenters. The highest BCUT2D eigenvalue weighted by Gasteiger charge is 2.30. The SMILES string of the molecule is COc1cccc(C(C(=O)O)C2CCCCN2)c1. The van der Waals surface area contributed by atoms with Crippen molar-refractivity contribution in [2.45, 2.75) is 31.2 Å². The van der Waals surface area contributed by atoms with E-state index in [4.69, 9.17) is 4.74 Å². The highest BCUT2D eigenvalue weighted by Crippen LogP contribution is 2.28. The molecule has 0 radical (unpaired) electrons. The van der Waals surface area contributed by atoms with Gasteiger partial charge < -0.3 is 15.2 Å². The van der Waals surface area contributed by atoms with Crippen LogP contribution in [0.1, 0.15) is 30.7 Å². The van der Waals surface area contributed by atoms with Crippen LogP contribution in [0, 0.1) is 0 Å². The van der Waals surface area contributed by atoms with Crippen LogP contribution >= 0.6 is 0 Å². The van der Waals surface area contributed by atoms with E-state index in [0.29, 0.717) is 5.75 Å². The average molecular weight is 249 g/mol. The molecule has 1 fully saturated rings. The molecule has 0 bridgehead atoms. The molecule has 1 heterocycles. The molecule has 0 amide bonds. The number of aliphatic carboxylic acids is 1. The molecule has 1 aromatic carbocycles. The summed E-state index contributed by atoms with van der Waals surface area (Å²) >= 11 is 0. The summed E-state index contributed by atoms with van der Waals surface area (Å²) in [5, 5.41) is 12.8. The molecular formula is C14H19NO3. The highest BCUT2D eigenvalue weighted by molar-refractivity contribution is 5.77. The standard InChI is InChI=1S/C14H19NO3/c1-18-11-6-4-5-10(9-11)13(14(16)17)12-7-2-3-8-15-12/h4-6,9,12-13,15H,2-3,7-8H2,1H3,(H,16,17). The van der Waals surface area contributed by atoms with Crippen LogP contribution in [0.15, 0.2) is 24.3 Å². The lowest BCUT2D eigenvalue weighted by Crippen LogP contribution is -2.41. The Morgan fingerprint density at radius 3 is 2.94 bits per heavy atom. The minimum Gasteiger partial charge on any atom is -0.497 e. The third kappa shape index (κ3) is 2.82. The van der Waals surface area contributed by atoms with Gasteiger partial charge in [-0.05, 0) is 37.1 Å². The second-order valence-electron chi connectivity index (χ2n) is 4.65. The van der Waals surface area contributed by atoms with Crippen LogP contribution in [0.5, 0.6) is 5.75 Å². The molecule has 98 valence electrons. The largest absolute Gasteiger partial charge is 0.497 e. The third-order valence-corrected chi connectivity index (χ3v) is 3.47. The monoisotopic (exact) mass is 249 g/mol. The van der Waals surface area contributed by atoms with Gasteiger partial charge in [0.25, 0.3) is 0 Å². The Bertz CT molecular complexity index is 413. The minimum atomic E-state index is -0.775. The molecule has 4 nitrogen and oxygen atoms in total. The molecule has 2 rings (SSSR count). The van der Waals surface area contributed by atoms with Crippen molar-refractivity contribution in [1.82, 2.24) is 5.32 Å². The van der Waals surface area contributed by atoms with E-state index in [1.165, 1.54) is 0 Å². The van der Waals surface area contributed by atoms with E-state index in [-0.39, 0.29) is 6.04 Å². The molecule has 1 aliphatic rings. The van der Waals surface area contributed by atoms with Crippen molar-refractivity contribution < 1.29 is 14.6 Å². The molecule has 1 aromatic rings. The van der Waals surface area contributed by atoms with Gasteiger partial charge in [-0.1, -0.05) is 18.6 Å². The number of rotatable bonds is 4.